The zero-order chi connectivity index (χ0) is 13.8. The lowest BCUT2D eigenvalue weighted by atomic mass is 9.91. The number of hydrogen-bond donors (Lipinski definition) is 1. The van der Waals surface area contributed by atoms with Crippen LogP contribution in [0.5, 0.6) is 17.2 Å². The van der Waals surface area contributed by atoms with E-state index in [0.29, 0.717) is 23.9 Å². The van der Waals surface area contributed by atoms with E-state index in [0.717, 1.165) is 18.4 Å². The molecule has 0 radical (unpaired) electrons. The predicted octanol–water partition coefficient (Wildman–Crippen LogP) is 2.43. The fourth-order valence-electron chi connectivity index (χ4n) is 2.47. The smallest absolute Gasteiger partial charge is 0.303 e. The maximum atomic E-state index is 11.0. The monoisotopic (exact) mass is 266 g/mol. The maximum absolute atomic E-state index is 11.0. The van der Waals surface area contributed by atoms with Crippen molar-refractivity contribution >= 4 is 5.97 Å². The third kappa shape index (κ3) is 2.75. The van der Waals surface area contributed by atoms with Crippen LogP contribution in [0.2, 0.25) is 0 Å². The Hall–Kier alpha value is -1.91. The molecule has 1 aliphatic heterocycles. The quantitative estimate of drug-likeness (QED) is 0.906. The van der Waals surface area contributed by atoms with Gasteiger partial charge in [0.2, 0.25) is 5.75 Å². The minimum atomic E-state index is -0.798. The van der Waals surface area contributed by atoms with Gasteiger partial charge < -0.3 is 19.3 Å². The average molecular weight is 266 g/mol. The van der Waals surface area contributed by atoms with Crippen molar-refractivity contribution < 1.29 is 24.1 Å². The van der Waals surface area contributed by atoms with Gasteiger partial charge in [0.15, 0.2) is 11.5 Å². The number of carbonyl (C=O) groups is 1. The van der Waals surface area contributed by atoms with Gasteiger partial charge in [-0.05, 0) is 24.8 Å². The van der Waals surface area contributed by atoms with E-state index in [-0.39, 0.29) is 12.3 Å². The molecule has 1 aliphatic rings. The number of hydrogen-bond acceptors (Lipinski definition) is 4. The van der Waals surface area contributed by atoms with E-state index in [4.69, 9.17) is 19.3 Å². The minimum Gasteiger partial charge on any atom is -0.493 e. The first-order valence-electron chi connectivity index (χ1n) is 6.26. The average Bonchev–Trinajstić information content (AvgIpc) is 2.59. The first kappa shape index (κ1) is 13.5. The molecule has 2 rings (SSSR count). The van der Waals surface area contributed by atoms with Gasteiger partial charge in [-0.2, -0.15) is 0 Å². The molecule has 5 heteroatoms. The lowest BCUT2D eigenvalue weighted by molar-refractivity contribution is -0.137. The molecule has 0 aromatic heterocycles. The molecule has 1 aromatic carbocycles. The van der Waals surface area contributed by atoms with Crippen molar-refractivity contribution in [1.29, 1.82) is 0 Å². The minimum absolute atomic E-state index is 0.0465. The second-order valence-electron chi connectivity index (χ2n) is 4.50. The molecule has 1 aromatic rings. The lowest BCUT2D eigenvalue weighted by Crippen LogP contribution is -2.06. The number of aliphatic carboxylic acids is 1. The van der Waals surface area contributed by atoms with Gasteiger partial charge in [-0.3, -0.25) is 4.79 Å². The number of carboxylic acid groups (broad SMARTS) is 1. The molecule has 0 fully saturated rings. The molecule has 0 aliphatic carbocycles. The van der Waals surface area contributed by atoms with Gasteiger partial charge in [0.1, 0.15) is 0 Å². The highest BCUT2D eigenvalue weighted by Gasteiger charge is 2.26. The molecule has 0 saturated heterocycles. The Bertz CT molecular complexity index is 469. The van der Waals surface area contributed by atoms with Gasteiger partial charge >= 0.3 is 5.97 Å². The van der Waals surface area contributed by atoms with Crippen molar-refractivity contribution in [3.05, 3.63) is 17.7 Å². The Morgan fingerprint density at radius 1 is 1.42 bits per heavy atom. The molecule has 0 bridgehead atoms. The summed E-state index contributed by atoms with van der Waals surface area (Å²) in [6.45, 7) is 0.562. The van der Waals surface area contributed by atoms with Crippen molar-refractivity contribution in [2.45, 2.75) is 25.2 Å². The molecular weight excluding hydrogens is 248 g/mol. The standard InChI is InChI=1S/C14H18O5/c1-17-11-6-5-10-9(8-12(15)16)4-3-7-19-13(10)14(11)18-2/h5-6,9H,3-4,7-8H2,1-2H3,(H,15,16). The van der Waals surface area contributed by atoms with Crippen molar-refractivity contribution in [2.24, 2.45) is 0 Å². The molecule has 1 N–H and O–H groups in total. The number of fused-ring (bicyclic) bond motifs is 1. The van der Waals surface area contributed by atoms with E-state index in [9.17, 15) is 4.79 Å². The maximum Gasteiger partial charge on any atom is 0.303 e. The SMILES string of the molecule is COc1ccc2c(c1OC)OCCCC2CC(=O)O. The highest BCUT2D eigenvalue weighted by Crippen LogP contribution is 2.45. The largest absolute Gasteiger partial charge is 0.493 e. The molecule has 19 heavy (non-hydrogen) atoms. The van der Waals surface area contributed by atoms with E-state index >= 15 is 0 Å². The van der Waals surface area contributed by atoms with Crippen LogP contribution < -0.4 is 14.2 Å². The second-order valence-corrected chi connectivity index (χ2v) is 4.50. The summed E-state index contributed by atoms with van der Waals surface area (Å²) in [5.41, 5.74) is 0.887. The van der Waals surface area contributed by atoms with Crippen molar-refractivity contribution in [1.82, 2.24) is 0 Å². The van der Waals surface area contributed by atoms with Gasteiger partial charge in [-0.25, -0.2) is 0 Å². The molecule has 0 amide bonds. The van der Waals surface area contributed by atoms with E-state index in [1.165, 1.54) is 0 Å². The van der Waals surface area contributed by atoms with E-state index in [2.05, 4.69) is 0 Å². The van der Waals surface area contributed by atoms with Crippen LogP contribution in [0.25, 0.3) is 0 Å². The number of ether oxygens (including phenoxy) is 3. The highest BCUT2D eigenvalue weighted by molar-refractivity contribution is 5.69. The normalized spacial score (nSPS) is 17.9. The predicted molar refractivity (Wildman–Crippen MR) is 69.3 cm³/mol. The third-order valence-electron chi connectivity index (χ3n) is 3.33. The summed E-state index contributed by atoms with van der Waals surface area (Å²) < 4.78 is 16.3. The van der Waals surface area contributed by atoms with Crippen LogP contribution in [0.1, 0.15) is 30.7 Å². The van der Waals surface area contributed by atoms with Crippen molar-refractivity contribution in [2.75, 3.05) is 20.8 Å². The summed E-state index contributed by atoms with van der Waals surface area (Å²) in [6.07, 6.45) is 1.73. The topological polar surface area (TPSA) is 65.0 Å². The highest BCUT2D eigenvalue weighted by atomic mass is 16.5. The Labute approximate surface area is 112 Å². The molecule has 1 atom stereocenters. The van der Waals surface area contributed by atoms with Crippen LogP contribution in [-0.2, 0) is 4.79 Å². The molecular formula is C14H18O5. The Kier molecular flexibility index (Phi) is 4.14. The van der Waals surface area contributed by atoms with Crippen LogP contribution in [0.15, 0.2) is 12.1 Å². The molecule has 104 valence electrons. The number of carboxylic acids is 1. The zero-order valence-electron chi connectivity index (χ0n) is 11.1. The fourth-order valence-corrected chi connectivity index (χ4v) is 2.47. The summed E-state index contributed by atoms with van der Waals surface area (Å²) in [5.74, 6) is 0.905. The third-order valence-corrected chi connectivity index (χ3v) is 3.33. The number of rotatable bonds is 4. The van der Waals surface area contributed by atoms with Crippen molar-refractivity contribution in [3.8, 4) is 17.2 Å². The Balaban J connectivity index is 2.46. The summed E-state index contributed by atoms with van der Waals surface area (Å²) in [6, 6.07) is 3.66. The van der Waals surface area contributed by atoms with Gasteiger partial charge in [-0.1, -0.05) is 6.07 Å². The second kappa shape index (κ2) is 5.82. The van der Waals surface area contributed by atoms with Crippen LogP contribution in [0.3, 0.4) is 0 Å². The van der Waals surface area contributed by atoms with Gasteiger partial charge in [0.25, 0.3) is 0 Å². The Morgan fingerprint density at radius 3 is 2.84 bits per heavy atom. The summed E-state index contributed by atoms with van der Waals surface area (Å²) in [5, 5.41) is 9.01. The molecule has 0 spiro atoms. The number of methoxy groups -OCH3 is 2. The summed E-state index contributed by atoms with van der Waals surface area (Å²) in [4.78, 5) is 11.0. The summed E-state index contributed by atoms with van der Waals surface area (Å²) >= 11 is 0. The fraction of sp³-hybridized carbons (Fsp3) is 0.500. The van der Waals surface area contributed by atoms with Crippen LogP contribution in [0, 0.1) is 0 Å². The Morgan fingerprint density at radius 2 is 2.21 bits per heavy atom. The van der Waals surface area contributed by atoms with Gasteiger partial charge in [-0.15, -0.1) is 0 Å². The molecule has 0 saturated carbocycles. The number of benzene rings is 1. The van der Waals surface area contributed by atoms with E-state index < -0.39 is 5.97 Å². The van der Waals surface area contributed by atoms with Gasteiger partial charge in [0, 0.05) is 5.56 Å². The molecule has 1 heterocycles. The van der Waals surface area contributed by atoms with Crippen LogP contribution in [-0.4, -0.2) is 31.9 Å². The van der Waals surface area contributed by atoms with E-state index in [1.807, 2.05) is 6.07 Å². The molecule has 1 unspecified atom stereocenters. The molecule has 5 nitrogen and oxygen atoms in total. The van der Waals surface area contributed by atoms with Crippen molar-refractivity contribution in [3.63, 3.8) is 0 Å². The zero-order valence-corrected chi connectivity index (χ0v) is 11.1. The van der Waals surface area contributed by atoms with Gasteiger partial charge in [0.05, 0.1) is 27.2 Å². The van der Waals surface area contributed by atoms with E-state index in [1.54, 1.807) is 20.3 Å². The summed E-state index contributed by atoms with van der Waals surface area (Å²) in [7, 11) is 3.12. The van der Waals surface area contributed by atoms with Crippen LogP contribution in [0.4, 0.5) is 0 Å². The van der Waals surface area contributed by atoms with Crippen LogP contribution >= 0.6 is 0 Å². The lowest BCUT2D eigenvalue weighted by Gasteiger charge is -2.18. The first-order chi connectivity index (χ1) is 9.17. The first-order valence-corrected chi connectivity index (χ1v) is 6.26.